The van der Waals surface area contributed by atoms with Gasteiger partial charge in [-0.25, -0.2) is 14.8 Å². The minimum absolute atomic E-state index is 0.243. The van der Waals surface area contributed by atoms with E-state index in [1.807, 2.05) is 45.2 Å². The molecule has 2 N–H and O–H groups in total. The highest BCUT2D eigenvalue weighted by Crippen LogP contribution is 2.36. The van der Waals surface area contributed by atoms with Crippen LogP contribution in [0.2, 0.25) is 0 Å². The Morgan fingerprint density at radius 1 is 1.18 bits per heavy atom. The van der Waals surface area contributed by atoms with E-state index in [1.165, 1.54) is 0 Å². The number of hydrogen-bond donors (Lipinski definition) is 1. The van der Waals surface area contributed by atoms with Gasteiger partial charge in [0, 0.05) is 49.4 Å². The quantitative estimate of drug-likeness (QED) is 0.570. The van der Waals surface area contributed by atoms with Crippen LogP contribution >= 0.6 is 11.3 Å². The predicted octanol–water partition coefficient (Wildman–Crippen LogP) is 4.88. The number of anilines is 1. The number of aromatic nitrogens is 3. The number of carbonyl (C=O) groups is 1. The highest BCUT2D eigenvalue weighted by Gasteiger charge is 2.28. The average molecular weight is 468 g/mol. The second-order valence-corrected chi connectivity index (χ2v) is 10.1. The molecule has 1 fully saturated rings. The van der Waals surface area contributed by atoms with E-state index in [4.69, 9.17) is 15.2 Å². The summed E-state index contributed by atoms with van der Waals surface area (Å²) in [6, 6.07) is 5.71. The molecule has 0 aliphatic carbocycles. The van der Waals surface area contributed by atoms with Crippen molar-refractivity contribution in [3.63, 3.8) is 0 Å². The van der Waals surface area contributed by atoms with E-state index in [1.54, 1.807) is 34.8 Å². The molecular weight excluding hydrogens is 438 g/mol. The third kappa shape index (κ3) is 5.98. The molecule has 0 atom stereocenters. The summed E-state index contributed by atoms with van der Waals surface area (Å²) in [6.07, 6.45) is 8.57. The van der Waals surface area contributed by atoms with E-state index in [0.29, 0.717) is 37.2 Å². The van der Waals surface area contributed by atoms with Crippen LogP contribution in [-0.4, -0.2) is 44.6 Å². The third-order valence-corrected chi connectivity index (χ3v) is 6.54. The minimum Gasteiger partial charge on any atom is -0.485 e. The number of piperidine rings is 1. The average Bonchev–Trinajstić information content (AvgIpc) is 3.28. The Balaban J connectivity index is 1.39. The van der Waals surface area contributed by atoms with Gasteiger partial charge in [0.2, 0.25) is 0 Å². The molecule has 0 aromatic carbocycles. The van der Waals surface area contributed by atoms with Crippen LogP contribution in [0.3, 0.4) is 0 Å². The van der Waals surface area contributed by atoms with Gasteiger partial charge < -0.3 is 20.1 Å². The summed E-state index contributed by atoms with van der Waals surface area (Å²) in [5.74, 6) is 1.23. The van der Waals surface area contributed by atoms with Crippen molar-refractivity contribution in [3.8, 4) is 16.2 Å². The number of carbonyl (C=O) groups excluding carboxylic acids is 1. The molecule has 1 amide bonds. The summed E-state index contributed by atoms with van der Waals surface area (Å²) in [6.45, 7) is 7.39. The van der Waals surface area contributed by atoms with Gasteiger partial charge in [0.25, 0.3) is 0 Å². The van der Waals surface area contributed by atoms with Gasteiger partial charge in [-0.05, 0) is 57.4 Å². The number of rotatable bonds is 5. The maximum absolute atomic E-state index is 12.3. The second-order valence-electron chi connectivity index (χ2n) is 9.06. The molecule has 1 aliphatic heterocycles. The monoisotopic (exact) mass is 467 g/mol. The predicted molar refractivity (Wildman–Crippen MR) is 128 cm³/mol. The lowest BCUT2D eigenvalue weighted by Gasteiger charge is -2.32. The van der Waals surface area contributed by atoms with Crippen molar-refractivity contribution in [1.29, 1.82) is 0 Å². The zero-order chi connectivity index (χ0) is 23.4. The third-order valence-electron chi connectivity index (χ3n) is 5.33. The van der Waals surface area contributed by atoms with Crippen LogP contribution in [0, 0.1) is 0 Å². The number of amides is 1. The molecule has 1 saturated heterocycles. The van der Waals surface area contributed by atoms with Crippen molar-refractivity contribution in [2.24, 2.45) is 0 Å². The van der Waals surface area contributed by atoms with Gasteiger partial charge in [0.1, 0.15) is 12.2 Å². The zero-order valence-electron chi connectivity index (χ0n) is 19.2. The maximum atomic E-state index is 12.3. The normalized spacial score (nSPS) is 14.8. The molecule has 174 valence electrons. The van der Waals surface area contributed by atoms with E-state index in [2.05, 4.69) is 15.0 Å². The van der Waals surface area contributed by atoms with E-state index in [0.717, 1.165) is 33.9 Å². The molecule has 8 nitrogen and oxygen atoms in total. The summed E-state index contributed by atoms with van der Waals surface area (Å²) >= 11 is 1.65. The minimum atomic E-state index is -0.480. The van der Waals surface area contributed by atoms with Gasteiger partial charge in [-0.2, -0.15) is 0 Å². The Labute approximate surface area is 197 Å². The van der Waals surface area contributed by atoms with Gasteiger partial charge in [-0.1, -0.05) is 0 Å². The molecule has 4 rings (SSSR count). The summed E-state index contributed by atoms with van der Waals surface area (Å²) in [4.78, 5) is 28.1. The fraction of sp³-hybridized carbons (Fsp3) is 0.417. The Hall–Kier alpha value is -3.20. The molecule has 3 aromatic rings. The van der Waals surface area contributed by atoms with Crippen molar-refractivity contribution in [3.05, 3.63) is 53.6 Å². The highest BCUT2D eigenvalue weighted by molar-refractivity contribution is 7.15. The number of ether oxygens (including phenoxy) is 2. The highest BCUT2D eigenvalue weighted by atomic mass is 32.1. The number of pyridine rings is 2. The molecular formula is C24H29N5O3S. The molecule has 0 bridgehead atoms. The Bertz CT molecular complexity index is 1090. The Morgan fingerprint density at radius 3 is 2.61 bits per heavy atom. The molecule has 1 aliphatic rings. The standard InChI is InChI=1S/C24H29N5O3S/c1-24(2,3)32-23(30)29-10-6-17(7-11-29)22-28-14-20(33-22)18-12-19(21(25)27-13-18)31-15-16-4-8-26-9-5-16/h4-5,8-9,12-14,17H,6-7,10-11,15H2,1-3H3,(H2,25,27). The molecule has 0 radical (unpaired) electrons. The van der Waals surface area contributed by atoms with Gasteiger partial charge >= 0.3 is 6.09 Å². The zero-order valence-corrected chi connectivity index (χ0v) is 20.0. The van der Waals surface area contributed by atoms with Gasteiger partial charge in [-0.3, -0.25) is 4.98 Å². The number of nitrogens with two attached hydrogens (primary N) is 1. The number of nitrogen functional groups attached to an aromatic ring is 1. The Morgan fingerprint density at radius 2 is 1.91 bits per heavy atom. The lowest BCUT2D eigenvalue weighted by Crippen LogP contribution is -2.41. The van der Waals surface area contributed by atoms with Crippen molar-refractivity contribution in [2.75, 3.05) is 18.8 Å². The van der Waals surface area contributed by atoms with E-state index in [-0.39, 0.29) is 6.09 Å². The summed E-state index contributed by atoms with van der Waals surface area (Å²) in [5.41, 5.74) is 7.47. The topological polar surface area (TPSA) is 103 Å². The van der Waals surface area contributed by atoms with Crippen LogP contribution in [0.5, 0.6) is 5.75 Å². The number of hydrogen-bond acceptors (Lipinski definition) is 8. The van der Waals surface area contributed by atoms with Crippen LogP contribution in [0.4, 0.5) is 10.6 Å². The molecule has 3 aromatic heterocycles. The largest absolute Gasteiger partial charge is 0.485 e. The van der Waals surface area contributed by atoms with E-state index < -0.39 is 5.60 Å². The van der Waals surface area contributed by atoms with Gasteiger partial charge in [0.05, 0.1) is 9.88 Å². The SMILES string of the molecule is CC(C)(C)OC(=O)N1CCC(c2ncc(-c3cnc(N)c(OCc4ccncc4)c3)s2)CC1. The first-order valence-electron chi connectivity index (χ1n) is 11.0. The molecule has 9 heteroatoms. The van der Waals surface area contributed by atoms with Crippen LogP contribution < -0.4 is 10.5 Å². The molecule has 33 heavy (non-hydrogen) atoms. The van der Waals surface area contributed by atoms with Crippen LogP contribution in [0.1, 0.15) is 50.1 Å². The number of nitrogens with zero attached hydrogens (tertiary/aromatic N) is 4. The lowest BCUT2D eigenvalue weighted by molar-refractivity contribution is 0.0205. The Kier molecular flexibility index (Phi) is 6.78. The van der Waals surface area contributed by atoms with Crippen molar-refractivity contribution < 1.29 is 14.3 Å². The van der Waals surface area contributed by atoms with Crippen molar-refractivity contribution in [2.45, 2.75) is 51.7 Å². The van der Waals surface area contributed by atoms with Gasteiger partial charge in [-0.15, -0.1) is 11.3 Å². The second kappa shape index (κ2) is 9.74. The number of likely N-dealkylation sites (tertiary alicyclic amines) is 1. The number of thiazole rings is 1. The first kappa shape index (κ1) is 23.0. The first-order valence-corrected chi connectivity index (χ1v) is 11.8. The van der Waals surface area contributed by atoms with Gasteiger partial charge in [0.15, 0.2) is 11.6 Å². The fourth-order valence-electron chi connectivity index (χ4n) is 3.59. The van der Waals surface area contributed by atoms with Crippen LogP contribution in [0.15, 0.2) is 43.0 Å². The van der Waals surface area contributed by atoms with Crippen molar-refractivity contribution >= 4 is 23.2 Å². The maximum Gasteiger partial charge on any atom is 0.410 e. The fourth-order valence-corrected chi connectivity index (χ4v) is 4.66. The van der Waals surface area contributed by atoms with Crippen molar-refractivity contribution in [1.82, 2.24) is 19.9 Å². The first-order chi connectivity index (χ1) is 15.8. The van der Waals surface area contributed by atoms with Crippen LogP contribution in [-0.2, 0) is 11.3 Å². The van der Waals surface area contributed by atoms with Crippen LogP contribution in [0.25, 0.3) is 10.4 Å². The smallest absolute Gasteiger partial charge is 0.410 e. The lowest BCUT2D eigenvalue weighted by atomic mass is 9.98. The summed E-state index contributed by atoms with van der Waals surface area (Å²) in [5, 5.41) is 1.07. The summed E-state index contributed by atoms with van der Waals surface area (Å²) < 4.78 is 11.4. The van der Waals surface area contributed by atoms with E-state index in [9.17, 15) is 4.79 Å². The van der Waals surface area contributed by atoms with E-state index >= 15 is 0 Å². The molecule has 0 saturated carbocycles. The molecule has 0 spiro atoms. The molecule has 4 heterocycles. The summed E-state index contributed by atoms with van der Waals surface area (Å²) in [7, 11) is 0. The molecule has 0 unspecified atom stereocenters.